The zero-order chi connectivity index (χ0) is 13.8. The Bertz CT molecular complexity index is 469. The summed E-state index contributed by atoms with van der Waals surface area (Å²) in [6, 6.07) is 1.71. The zero-order valence-corrected chi connectivity index (χ0v) is 11.1. The van der Waals surface area contributed by atoms with Gasteiger partial charge in [0.2, 0.25) is 17.7 Å². The lowest BCUT2D eigenvalue weighted by Crippen LogP contribution is -2.49. The van der Waals surface area contributed by atoms with Crippen molar-refractivity contribution < 1.29 is 14.1 Å². The van der Waals surface area contributed by atoms with Gasteiger partial charge in [-0.05, 0) is 5.92 Å². The first-order valence-electron chi connectivity index (χ1n) is 6.30. The number of piperazine rings is 1. The molecule has 1 aliphatic heterocycles. The fourth-order valence-electron chi connectivity index (χ4n) is 1.83. The van der Waals surface area contributed by atoms with Gasteiger partial charge >= 0.3 is 0 Å². The van der Waals surface area contributed by atoms with Gasteiger partial charge in [0, 0.05) is 19.2 Å². The number of nitrogens with zero attached hydrogens (tertiary/aromatic N) is 2. The van der Waals surface area contributed by atoms with Gasteiger partial charge in [0.25, 0.3) is 0 Å². The third kappa shape index (κ3) is 3.78. The van der Waals surface area contributed by atoms with E-state index in [9.17, 15) is 9.59 Å². The first-order chi connectivity index (χ1) is 9.04. The lowest BCUT2D eigenvalue weighted by molar-refractivity contribution is -0.125. The van der Waals surface area contributed by atoms with Crippen LogP contribution >= 0.6 is 0 Å². The smallest absolute Gasteiger partial charge is 0.240 e. The minimum atomic E-state index is -0.207. The van der Waals surface area contributed by atoms with E-state index in [2.05, 4.69) is 15.8 Å². The Morgan fingerprint density at radius 2 is 2.42 bits per heavy atom. The van der Waals surface area contributed by atoms with E-state index >= 15 is 0 Å². The molecule has 0 aliphatic carbocycles. The summed E-state index contributed by atoms with van der Waals surface area (Å²) >= 11 is 0. The Balaban J connectivity index is 1.84. The maximum absolute atomic E-state index is 11.8. The minimum Gasteiger partial charge on any atom is -0.354 e. The largest absolute Gasteiger partial charge is 0.354 e. The van der Waals surface area contributed by atoms with Gasteiger partial charge < -0.3 is 9.84 Å². The number of hydrogen-bond donors (Lipinski definition) is 2. The van der Waals surface area contributed by atoms with Crippen molar-refractivity contribution in [1.29, 1.82) is 0 Å². The second-order valence-electron chi connectivity index (χ2n) is 4.88. The number of amides is 2. The number of anilines is 1. The Hall–Kier alpha value is -1.89. The molecule has 1 aliphatic rings. The van der Waals surface area contributed by atoms with Gasteiger partial charge in [-0.15, -0.1) is 0 Å². The highest BCUT2D eigenvalue weighted by molar-refractivity contribution is 5.91. The highest BCUT2D eigenvalue weighted by Gasteiger charge is 2.19. The van der Waals surface area contributed by atoms with Crippen LogP contribution in [0.5, 0.6) is 0 Å². The monoisotopic (exact) mass is 266 g/mol. The summed E-state index contributed by atoms with van der Waals surface area (Å²) in [5.41, 5.74) is 0.799. The summed E-state index contributed by atoms with van der Waals surface area (Å²) in [5.74, 6) is 0.331. The molecule has 1 saturated heterocycles. The van der Waals surface area contributed by atoms with E-state index in [4.69, 9.17) is 4.52 Å². The fraction of sp³-hybridized carbons (Fsp3) is 0.583. The third-order valence-corrected chi connectivity index (χ3v) is 2.87. The number of carbonyl (C=O) groups is 2. The molecule has 2 heterocycles. The predicted octanol–water partition coefficient (Wildman–Crippen LogP) is 0.168. The second kappa shape index (κ2) is 5.83. The van der Waals surface area contributed by atoms with Gasteiger partial charge in [0.05, 0.1) is 18.8 Å². The highest BCUT2D eigenvalue weighted by Crippen LogP contribution is 2.17. The van der Waals surface area contributed by atoms with Gasteiger partial charge in [-0.1, -0.05) is 19.0 Å². The Morgan fingerprint density at radius 3 is 3.05 bits per heavy atom. The number of nitrogens with one attached hydrogen (secondary N) is 2. The van der Waals surface area contributed by atoms with Gasteiger partial charge in [0.1, 0.15) is 0 Å². The van der Waals surface area contributed by atoms with Crippen LogP contribution in [0.3, 0.4) is 0 Å². The van der Waals surface area contributed by atoms with Crippen molar-refractivity contribution in [2.75, 3.05) is 31.5 Å². The average Bonchev–Trinajstić information content (AvgIpc) is 2.77. The molecule has 1 aromatic rings. The molecule has 19 heavy (non-hydrogen) atoms. The van der Waals surface area contributed by atoms with Gasteiger partial charge in [-0.25, -0.2) is 0 Å². The molecule has 0 aromatic carbocycles. The maximum atomic E-state index is 11.8. The van der Waals surface area contributed by atoms with Crippen molar-refractivity contribution in [2.24, 2.45) is 0 Å². The molecule has 2 N–H and O–H groups in total. The molecule has 7 nitrogen and oxygen atoms in total. The van der Waals surface area contributed by atoms with E-state index in [0.717, 1.165) is 5.69 Å². The summed E-state index contributed by atoms with van der Waals surface area (Å²) in [5, 5.41) is 9.21. The van der Waals surface area contributed by atoms with E-state index in [0.29, 0.717) is 19.0 Å². The molecule has 1 fully saturated rings. The van der Waals surface area contributed by atoms with Crippen molar-refractivity contribution in [2.45, 2.75) is 19.8 Å². The summed E-state index contributed by atoms with van der Waals surface area (Å²) in [7, 11) is 0. The molecule has 0 spiro atoms. The highest BCUT2D eigenvalue weighted by atomic mass is 16.5. The summed E-state index contributed by atoms with van der Waals surface area (Å²) in [6.45, 7) is 5.66. The Morgan fingerprint density at radius 1 is 1.63 bits per heavy atom. The Labute approximate surface area is 111 Å². The zero-order valence-electron chi connectivity index (χ0n) is 11.1. The molecule has 0 radical (unpaired) electrons. The lowest BCUT2D eigenvalue weighted by atomic mass is 10.1. The molecule has 2 rings (SSSR count). The normalized spacial score (nSPS) is 16.5. The molecular weight excluding hydrogens is 248 g/mol. The van der Waals surface area contributed by atoms with E-state index in [1.165, 1.54) is 0 Å². The molecule has 104 valence electrons. The third-order valence-electron chi connectivity index (χ3n) is 2.87. The van der Waals surface area contributed by atoms with Crippen molar-refractivity contribution in [3.63, 3.8) is 0 Å². The van der Waals surface area contributed by atoms with Crippen LogP contribution in [-0.4, -0.2) is 48.0 Å². The molecular formula is C12H18N4O3. The molecule has 7 heteroatoms. The van der Waals surface area contributed by atoms with Crippen LogP contribution in [-0.2, 0) is 9.59 Å². The topological polar surface area (TPSA) is 87.5 Å². The van der Waals surface area contributed by atoms with Crippen molar-refractivity contribution in [3.8, 4) is 0 Å². The van der Waals surface area contributed by atoms with Crippen LogP contribution in [0.15, 0.2) is 10.6 Å². The van der Waals surface area contributed by atoms with Crippen LogP contribution in [0.1, 0.15) is 25.5 Å². The van der Waals surface area contributed by atoms with Gasteiger partial charge in [0.15, 0.2) is 0 Å². The number of rotatable bonds is 4. The van der Waals surface area contributed by atoms with Crippen LogP contribution < -0.4 is 10.6 Å². The predicted molar refractivity (Wildman–Crippen MR) is 68.7 cm³/mol. The van der Waals surface area contributed by atoms with Crippen LogP contribution in [0, 0.1) is 0 Å². The van der Waals surface area contributed by atoms with Crippen molar-refractivity contribution in [1.82, 2.24) is 15.4 Å². The number of hydrogen-bond acceptors (Lipinski definition) is 5. The van der Waals surface area contributed by atoms with Crippen LogP contribution in [0.25, 0.3) is 0 Å². The summed E-state index contributed by atoms with van der Waals surface area (Å²) in [6.07, 6.45) is 0. The average molecular weight is 266 g/mol. The Kier molecular flexibility index (Phi) is 4.16. The number of aromatic nitrogens is 1. The molecule has 0 bridgehead atoms. The minimum absolute atomic E-state index is 0.0548. The molecule has 0 atom stereocenters. The number of carbonyl (C=O) groups excluding carboxylic acids is 2. The summed E-state index contributed by atoms with van der Waals surface area (Å²) < 4.78 is 5.03. The lowest BCUT2D eigenvalue weighted by Gasteiger charge is -2.25. The standard InChI is InChI=1S/C12H18N4O3/c1-8(2)9-5-12(19-15-9)14-11(18)7-16-4-3-13-10(17)6-16/h5,8H,3-4,6-7H2,1-2H3,(H,13,17)(H,14,18). The van der Waals surface area contributed by atoms with Crippen molar-refractivity contribution >= 4 is 17.7 Å². The van der Waals surface area contributed by atoms with E-state index in [1.807, 2.05) is 13.8 Å². The molecule has 0 saturated carbocycles. The van der Waals surface area contributed by atoms with Gasteiger partial charge in [-0.3, -0.25) is 19.8 Å². The SMILES string of the molecule is CC(C)c1cc(NC(=O)CN2CCNC(=O)C2)on1. The molecule has 1 aromatic heterocycles. The summed E-state index contributed by atoms with van der Waals surface area (Å²) in [4.78, 5) is 24.8. The van der Waals surface area contributed by atoms with E-state index < -0.39 is 0 Å². The van der Waals surface area contributed by atoms with Crippen LogP contribution in [0.2, 0.25) is 0 Å². The second-order valence-corrected chi connectivity index (χ2v) is 4.88. The van der Waals surface area contributed by atoms with E-state index in [-0.39, 0.29) is 30.8 Å². The maximum Gasteiger partial charge on any atom is 0.240 e. The first kappa shape index (κ1) is 13.5. The quantitative estimate of drug-likeness (QED) is 0.811. The van der Waals surface area contributed by atoms with Crippen molar-refractivity contribution in [3.05, 3.63) is 11.8 Å². The van der Waals surface area contributed by atoms with E-state index in [1.54, 1.807) is 11.0 Å². The molecule has 0 unspecified atom stereocenters. The molecule has 2 amide bonds. The van der Waals surface area contributed by atoms with Crippen LogP contribution in [0.4, 0.5) is 5.88 Å². The van der Waals surface area contributed by atoms with Gasteiger partial charge in [-0.2, -0.15) is 0 Å². The fourth-order valence-corrected chi connectivity index (χ4v) is 1.83. The first-order valence-corrected chi connectivity index (χ1v) is 6.30.